The second kappa shape index (κ2) is 9.49. The van der Waals surface area contributed by atoms with E-state index in [-0.39, 0.29) is 45.9 Å². The second-order valence-electron chi connectivity index (χ2n) is 13.5. The fourth-order valence-corrected chi connectivity index (χ4v) is 6.35. The van der Waals surface area contributed by atoms with Crippen molar-refractivity contribution in [3.63, 3.8) is 0 Å². The maximum Gasteiger partial charge on any atom is 0.316 e. The molecule has 0 bridgehead atoms. The summed E-state index contributed by atoms with van der Waals surface area (Å²) in [6, 6.07) is 15.1. The van der Waals surface area contributed by atoms with Crippen LogP contribution in [0.15, 0.2) is 48.5 Å². The summed E-state index contributed by atoms with van der Waals surface area (Å²) in [7, 11) is 4.15. The summed E-state index contributed by atoms with van der Waals surface area (Å²) in [4.78, 5) is 30.6. The minimum Gasteiger partial charge on any atom is -0.426 e. The van der Waals surface area contributed by atoms with Gasteiger partial charge in [-0.3, -0.25) is 19.4 Å². The van der Waals surface area contributed by atoms with Crippen LogP contribution in [-0.4, -0.2) is 58.0 Å². The Morgan fingerprint density at radius 3 is 1.13 bits per heavy atom. The molecule has 0 aliphatic carbocycles. The molecule has 4 rings (SSSR count). The zero-order valence-corrected chi connectivity index (χ0v) is 24.7. The molecule has 206 valence electrons. The third-order valence-corrected chi connectivity index (χ3v) is 9.71. The molecule has 2 aromatic rings. The lowest BCUT2D eigenvalue weighted by Crippen LogP contribution is -2.48. The number of nitrogens with zero attached hydrogens (tertiary/aromatic N) is 2. The number of carbonyl (C=O) groups is 2. The van der Waals surface area contributed by atoms with E-state index in [0.717, 1.165) is 24.0 Å². The molecule has 6 nitrogen and oxygen atoms in total. The molecule has 0 amide bonds. The molecule has 2 aliphatic heterocycles. The number of esters is 2. The van der Waals surface area contributed by atoms with Crippen LogP contribution in [0.2, 0.25) is 0 Å². The summed E-state index contributed by atoms with van der Waals surface area (Å²) in [6.45, 7) is 17.1. The van der Waals surface area contributed by atoms with Crippen LogP contribution in [0.5, 0.6) is 11.5 Å². The Morgan fingerprint density at radius 1 is 0.605 bits per heavy atom. The molecular formula is C32H44N2O4. The average molecular weight is 521 g/mol. The molecule has 0 spiro atoms. The van der Waals surface area contributed by atoms with Crippen LogP contribution in [0, 0.1) is 11.8 Å². The standard InChI is InChI=1S/C32H44N2O4/c1-29(2)19-25(31(5,6)33(29)9)27(35)37-23-15-11-21(12-16-23)22-13-17-24(18-14-22)38-28(36)26-20-30(3,4)34(10)32(26,7)8/h11-18,25-26H,19-20H2,1-10H3. The van der Waals surface area contributed by atoms with Crippen molar-refractivity contribution in [1.82, 2.24) is 9.80 Å². The van der Waals surface area contributed by atoms with E-state index in [1.165, 1.54) is 0 Å². The molecule has 2 saturated heterocycles. The van der Waals surface area contributed by atoms with E-state index in [4.69, 9.17) is 9.47 Å². The van der Waals surface area contributed by atoms with Crippen LogP contribution in [0.4, 0.5) is 0 Å². The monoisotopic (exact) mass is 520 g/mol. The number of ether oxygens (including phenoxy) is 2. The van der Waals surface area contributed by atoms with Crippen molar-refractivity contribution in [2.45, 2.75) is 90.4 Å². The number of hydrogen-bond acceptors (Lipinski definition) is 6. The molecule has 38 heavy (non-hydrogen) atoms. The Bertz CT molecular complexity index is 1100. The van der Waals surface area contributed by atoms with Gasteiger partial charge in [0.25, 0.3) is 0 Å². The lowest BCUT2D eigenvalue weighted by Gasteiger charge is -2.37. The molecule has 0 N–H and O–H groups in total. The molecule has 0 aromatic heterocycles. The Labute approximate surface area is 228 Å². The van der Waals surface area contributed by atoms with Crippen molar-refractivity contribution >= 4 is 11.9 Å². The third kappa shape index (κ3) is 5.01. The highest BCUT2D eigenvalue weighted by Crippen LogP contribution is 2.45. The minimum atomic E-state index is -0.272. The van der Waals surface area contributed by atoms with Crippen molar-refractivity contribution in [3.8, 4) is 22.6 Å². The molecule has 0 radical (unpaired) electrons. The average Bonchev–Trinajstić information content (AvgIpc) is 3.12. The molecule has 2 aromatic carbocycles. The largest absolute Gasteiger partial charge is 0.426 e. The van der Waals surface area contributed by atoms with Crippen LogP contribution in [-0.2, 0) is 9.59 Å². The van der Waals surface area contributed by atoms with Crippen LogP contribution in [0.1, 0.15) is 68.2 Å². The zero-order chi connectivity index (χ0) is 28.3. The third-order valence-electron chi connectivity index (χ3n) is 9.71. The van der Waals surface area contributed by atoms with Gasteiger partial charge in [0, 0.05) is 22.2 Å². The zero-order valence-electron chi connectivity index (χ0n) is 24.7. The van der Waals surface area contributed by atoms with E-state index in [1.54, 1.807) is 0 Å². The first kappa shape index (κ1) is 28.3. The number of carbonyl (C=O) groups excluding carboxylic acids is 2. The van der Waals surface area contributed by atoms with Crippen LogP contribution < -0.4 is 9.47 Å². The van der Waals surface area contributed by atoms with E-state index >= 15 is 0 Å². The fraction of sp³-hybridized carbons (Fsp3) is 0.562. The minimum absolute atomic E-state index is 0.0578. The summed E-state index contributed by atoms with van der Waals surface area (Å²) >= 11 is 0. The highest BCUT2D eigenvalue weighted by atomic mass is 16.5. The number of benzene rings is 2. The molecule has 0 saturated carbocycles. The van der Waals surface area contributed by atoms with E-state index in [9.17, 15) is 9.59 Å². The SMILES string of the molecule is CN1C(C)(C)CC(C(=O)Oc2ccc(-c3ccc(OC(=O)C4CC(C)(C)N(C)C4(C)C)cc3)cc2)C1(C)C. The summed E-state index contributed by atoms with van der Waals surface area (Å²) in [5.74, 6) is 0.314. The van der Waals surface area contributed by atoms with Crippen molar-refractivity contribution in [1.29, 1.82) is 0 Å². The van der Waals surface area contributed by atoms with Crippen molar-refractivity contribution < 1.29 is 19.1 Å². The molecule has 2 fully saturated rings. The molecule has 2 unspecified atom stereocenters. The second-order valence-corrected chi connectivity index (χ2v) is 13.5. The van der Waals surface area contributed by atoms with Gasteiger partial charge in [0.05, 0.1) is 11.8 Å². The van der Waals surface area contributed by atoms with Crippen molar-refractivity contribution in [3.05, 3.63) is 48.5 Å². The van der Waals surface area contributed by atoms with Gasteiger partial charge in [0.15, 0.2) is 0 Å². The van der Waals surface area contributed by atoms with Crippen molar-refractivity contribution in [2.75, 3.05) is 14.1 Å². The lowest BCUT2D eigenvalue weighted by atomic mass is 9.87. The van der Waals surface area contributed by atoms with Gasteiger partial charge in [-0.2, -0.15) is 0 Å². The predicted molar refractivity (Wildman–Crippen MR) is 151 cm³/mol. The van der Waals surface area contributed by atoms with Gasteiger partial charge in [0.2, 0.25) is 0 Å². The number of rotatable bonds is 5. The van der Waals surface area contributed by atoms with Crippen LogP contribution in [0.25, 0.3) is 11.1 Å². The van der Waals surface area contributed by atoms with Gasteiger partial charge >= 0.3 is 11.9 Å². The first-order valence-corrected chi connectivity index (χ1v) is 13.6. The maximum atomic E-state index is 13.0. The summed E-state index contributed by atoms with van der Waals surface area (Å²) < 4.78 is 11.6. The Balaban J connectivity index is 1.39. The number of likely N-dealkylation sites (tertiary alicyclic amines) is 2. The molecule has 2 aliphatic rings. The Kier molecular flexibility index (Phi) is 7.07. The Morgan fingerprint density at radius 2 is 0.895 bits per heavy atom. The van der Waals surface area contributed by atoms with Crippen molar-refractivity contribution in [2.24, 2.45) is 11.8 Å². The highest BCUT2D eigenvalue weighted by Gasteiger charge is 2.54. The first-order valence-electron chi connectivity index (χ1n) is 13.6. The quantitative estimate of drug-likeness (QED) is 0.347. The van der Waals surface area contributed by atoms with Crippen LogP contribution >= 0.6 is 0 Å². The van der Waals surface area contributed by atoms with E-state index in [1.807, 2.05) is 48.5 Å². The van der Waals surface area contributed by atoms with E-state index in [2.05, 4.69) is 79.3 Å². The summed E-state index contributed by atoms with van der Waals surface area (Å²) in [5.41, 5.74) is 1.32. The van der Waals surface area contributed by atoms with Gasteiger partial charge < -0.3 is 9.47 Å². The van der Waals surface area contributed by atoms with Gasteiger partial charge in [-0.25, -0.2) is 0 Å². The smallest absolute Gasteiger partial charge is 0.316 e. The maximum absolute atomic E-state index is 13.0. The molecule has 2 heterocycles. The topological polar surface area (TPSA) is 59.1 Å². The van der Waals surface area contributed by atoms with Gasteiger partial charge in [0.1, 0.15) is 11.5 Å². The lowest BCUT2D eigenvalue weighted by molar-refractivity contribution is -0.142. The predicted octanol–water partition coefficient (Wildman–Crippen LogP) is 6.18. The van der Waals surface area contributed by atoms with Gasteiger partial charge in [-0.05, 0) is 118 Å². The van der Waals surface area contributed by atoms with Gasteiger partial charge in [-0.1, -0.05) is 24.3 Å². The summed E-state index contributed by atoms with van der Waals surface area (Å²) in [6.07, 6.45) is 1.52. The summed E-state index contributed by atoms with van der Waals surface area (Å²) in [5, 5.41) is 0. The van der Waals surface area contributed by atoms with E-state index < -0.39 is 0 Å². The van der Waals surface area contributed by atoms with Crippen LogP contribution in [0.3, 0.4) is 0 Å². The first-order chi connectivity index (χ1) is 17.5. The highest BCUT2D eigenvalue weighted by molar-refractivity contribution is 5.78. The molecule has 2 atom stereocenters. The van der Waals surface area contributed by atoms with E-state index in [0.29, 0.717) is 11.5 Å². The molecule has 6 heteroatoms. The fourth-order valence-electron chi connectivity index (χ4n) is 6.35. The molecular weight excluding hydrogens is 476 g/mol. The normalized spacial score (nSPS) is 25.7. The Hall–Kier alpha value is -2.70. The van der Waals surface area contributed by atoms with Gasteiger partial charge in [-0.15, -0.1) is 0 Å². The number of hydrogen-bond donors (Lipinski definition) is 0.